The molecule has 140 valence electrons. The van der Waals surface area contributed by atoms with E-state index in [4.69, 9.17) is 23.2 Å². The third-order valence-corrected chi connectivity index (χ3v) is 4.01. The molecule has 0 unspecified atom stereocenters. The second kappa shape index (κ2) is 9.16. The van der Waals surface area contributed by atoms with Crippen LogP contribution in [0.5, 0.6) is 0 Å². The number of H-pyrrole nitrogens is 1. The van der Waals surface area contributed by atoms with Crippen LogP contribution < -0.4 is 21.3 Å². The van der Waals surface area contributed by atoms with Crippen LogP contribution in [0.1, 0.15) is 0 Å². The van der Waals surface area contributed by atoms with Crippen molar-refractivity contribution in [3.8, 4) is 0 Å². The summed E-state index contributed by atoms with van der Waals surface area (Å²) in [6, 6.07) is 14.0. The van der Waals surface area contributed by atoms with Crippen LogP contribution in [0.3, 0.4) is 0 Å². The van der Waals surface area contributed by atoms with Crippen molar-refractivity contribution in [1.29, 1.82) is 0 Å². The van der Waals surface area contributed by atoms with E-state index in [9.17, 15) is 4.79 Å². The van der Waals surface area contributed by atoms with Gasteiger partial charge in [0.2, 0.25) is 0 Å². The van der Waals surface area contributed by atoms with Crippen LogP contribution >= 0.6 is 23.2 Å². The Hall–Kier alpha value is -2.90. The summed E-state index contributed by atoms with van der Waals surface area (Å²) >= 11 is 11.9. The molecular formula is C18H18Cl2N6O. The van der Waals surface area contributed by atoms with Crippen LogP contribution in [0.15, 0.2) is 54.7 Å². The fourth-order valence-electron chi connectivity index (χ4n) is 2.34. The molecule has 0 radical (unpaired) electrons. The Kier molecular flexibility index (Phi) is 6.40. The average Bonchev–Trinajstić information content (AvgIpc) is 3.06. The monoisotopic (exact) mass is 404 g/mol. The van der Waals surface area contributed by atoms with Gasteiger partial charge in [0.15, 0.2) is 0 Å². The van der Waals surface area contributed by atoms with E-state index in [1.54, 1.807) is 36.5 Å². The maximum Gasteiger partial charge on any atom is 0.319 e. The Morgan fingerprint density at radius 1 is 1.00 bits per heavy atom. The number of nitrogens with one attached hydrogen (secondary N) is 5. The average molecular weight is 405 g/mol. The third kappa shape index (κ3) is 5.80. The minimum Gasteiger partial charge on any atom is -0.367 e. The van der Waals surface area contributed by atoms with Gasteiger partial charge in [0, 0.05) is 34.5 Å². The molecule has 2 aromatic carbocycles. The zero-order valence-electron chi connectivity index (χ0n) is 14.2. The van der Waals surface area contributed by atoms with Crippen molar-refractivity contribution in [2.24, 2.45) is 0 Å². The molecule has 0 aliphatic carbocycles. The molecule has 0 fully saturated rings. The molecule has 3 aromatic rings. The van der Waals surface area contributed by atoms with Crippen molar-refractivity contribution in [1.82, 2.24) is 15.5 Å². The Bertz CT molecular complexity index is 914. The van der Waals surface area contributed by atoms with Crippen molar-refractivity contribution < 1.29 is 4.79 Å². The van der Waals surface area contributed by atoms with Crippen molar-refractivity contribution in [3.63, 3.8) is 0 Å². The molecule has 0 spiro atoms. The highest BCUT2D eigenvalue weighted by Gasteiger charge is 2.06. The molecule has 0 saturated heterocycles. The highest BCUT2D eigenvalue weighted by Crippen LogP contribution is 2.24. The van der Waals surface area contributed by atoms with Gasteiger partial charge in [0.1, 0.15) is 11.5 Å². The largest absolute Gasteiger partial charge is 0.367 e. The number of carbonyl (C=O) groups excluding carboxylic acids is 1. The molecule has 0 bridgehead atoms. The van der Waals surface area contributed by atoms with E-state index in [-0.39, 0.29) is 6.03 Å². The first-order valence-corrected chi connectivity index (χ1v) is 8.96. The summed E-state index contributed by atoms with van der Waals surface area (Å²) in [5.74, 6) is 0.715. The maximum atomic E-state index is 11.9. The van der Waals surface area contributed by atoms with Crippen molar-refractivity contribution in [2.75, 3.05) is 29.0 Å². The standard InChI is InChI=1S/C18H18Cl2N6O/c19-12-3-1-5-14(9-12)24-16-11-23-26-17(16)21-7-8-22-18(27)25-15-6-2-4-13(20)10-15/h1-6,9-11,24H,7-8H2,(H2,21,23,26)(H2,22,25,27). The first-order chi connectivity index (χ1) is 13.1. The van der Waals surface area contributed by atoms with E-state index in [1.807, 2.05) is 18.2 Å². The Balaban J connectivity index is 1.44. The van der Waals surface area contributed by atoms with Crippen LogP contribution in [0.4, 0.5) is 27.7 Å². The number of halogens is 2. The molecule has 1 aromatic heterocycles. The summed E-state index contributed by atoms with van der Waals surface area (Å²) in [6.45, 7) is 0.928. The Morgan fingerprint density at radius 3 is 2.44 bits per heavy atom. The predicted molar refractivity (Wildman–Crippen MR) is 110 cm³/mol. The lowest BCUT2D eigenvalue weighted by Gasteiger charge is -2.11. The minimum atomic E-state index is -0.305. The lowest BCUT2D eigenvalue weighted by Crippen LogP contribution is -2.32. The summed E-state index contributed by atoms with van der Waals surface area (Å²) in [4.78, 5) is 11.9. The molecule has 2 amide bonds. The first kappa shape index (κ1) is 18.9. The molecule has 1 heterocycles. The predicted octanol–water partition coefficient (Wildman–Crippen LogP) is 4.69. The lowest BCUT2D eigenvalue weighted by atomic mass is 10.3. The highest BCUT2D eigenvalue weighted by molar-refractivity contribution is 6.31. The fraction of sp³-hybridized carbons (Fsp3) is 0.111. The number of urea groups is 1. The van der Waals surface area contributed by atoms with E-state index in [2.05, 4.69) is 31.5 Å². The quantitative estimate of drug-likeness (QED) is 0.369. The van der Waals surface area contributed by atoms with Gasteiger partial charge in [-0.3, -0.25) is 5.10 Å². The van der Waals surface area contributed by atoms with Crippen molar-refractivity contribution in [3.05, 3.63) is 64.8 Å². The summed E-state index contributed by atoms with van der Waals surface area (Å²) < 4.78 is 0. The number of aromatic nitrogens is 2. The molecule has 7 nitrogen and oxygen atoms in total. The molecule has 0 saturated carbocycles. The first-order valence-electron chi connectivity index (χ1n) is 8.20. The number of carbonyl (C=O) groups is 1. The molecule has 0 aliphatic rings. The molecular weight excluding hydrogens is 387 g/mol. The molecule has 3 rings (SSSR count). The van der Waals surface area contributed by atoms with E-state index < -0.39 is 0 Å². The zero-order valence-corrected chi connectivity index (χ0v) is 15.7. The maximum absolute atomic E-state index is 11.9. The summed E-state index contributed by atoms with van der Waals surface area (Å²) in [5, 5.41) is 20.0. The molecule has 9 heteroatoms. The second-order valence-corrected chi connectivity index (χ2v) is 6.48. The van der Waals surface area contributed by atoms with E-state index in [0.717, 1.165) is 11.4 Å². The van der Waals surface area contributed by atoms with E-state index in [0.29, 0.717) is 34.6 Å². The second-order valence-electron chi connectivity index (χ2n) is 5.61. The fourth-order valence-corrected chi connectivity index (χ4v) is 2.72. The van der Waals surface area contributed by atoms with Crippen LogP contribution in [-0.2, 0) is 0 Å². The number of anilines is 4. The normalized spacial score (nSPS) is 10.3. The Labute approximate surface area is 166 Å². The van der Waals surface area contributed by atoms with Gasteiger partial charge in [-0.1, -0.05) is 35.3 Å². The van der Waals surface area contributed by atoms with Gasteiger partial charge >= 0.3 is 6.03 Å². The number of hydrogen-bond acceptors (Lipinski definition) is 4. The number of nitrogens with zero attached hydrogens (tertiary/aromatic N) is 1. The van der Waals surface area contributed by atoms with E-state index >= 15 is 0 Å². The molecule has 0 aliphatic heterocycles. The summed E-state index contributed by atoms with van der Waals surface area (Å²) in [6.07, 6.45) is 1.67. The molecule has 27 heavy (non-hydrogen) atoms. The van der Waals surface area contributed by atoms with Gasteiger partial charge in [0.25, 0.3) is 0 Å². The van der Waals surface area contributed by atoms with Gasteiger partial charge in [-0.05, 0) is 36.4 Å². The summed E-state index contributed by atoms with van der Waals surface area (Å²) in [5.41, 5.74) is 2.26. The van der Waals surface area contributed by atoms with Crippen LogP contribution in [-0.4, -0.2) is 29.3 Å². The number of hydrogen-bond donors (Lipinski definition) is 5. The molecule has 5 N–H and O–H groups in total. The van der Waals surface area contributed by atoms with Crippen molar-refractivity contribution >= 4 is 52.1 Å². The number of benzene rings is 2. The van der Waals surface area contributed by atoms with Gasteiger partial charge in [-0.2, -0.15) is 5.10 Å². The zero-order chi connectivity index (χ0) is 19.1. The Morgan fingerprint density at radius 2 is 1.70 bits per heavy atom. The highest BCUT2D eigenvalue weighted by atomic mass is 35.5. The number of rotatable bonds is 7. The third-order valence-electron chi connectivity index (χ3n) is 3.54. The van der Waals surface area contributed by atoms with Crippen molar-refractivity contribution in [2.45, 2.75) is 0 Å². The summed E-state index contributed by atoms with van der Waals surface area (Å²) in [7, 11) is 0. The van der Waals surface area contributed by atoms with Crippen LogP contribution in [0.25, 0.3) is 0 Å². The van der Waals surface area contributed by atoms with Gasteiger partial charge in [-0.25, -0.2) is 4.79 Å². The number of aromatic amines is 1. The van der Waals surface area contributed by atoms with E-state index in [1.165, 1.54) is 0 Å². The number of amides is 2. The van der Waals surface area contributed by atoms with Gasteiger partial charge in [0.05, 0.1) is 6.20 Å². The smallest absolute Gasteiger partial charge is 0.319 e. The molecule has 0 atom stereocenters. The van der Waals surface area contributed by atoms with Gasteiger partial charge in [-0.15, -0.1) is 0 Å². The van der Waals surface area contributed by atoms with Gasteiger partial charge < -0.3 is 21.3 Å². The topological polar surface area (TPSA) is 93.9 Å². The van der Waals surface area contributed by atoms with Crippen LogP contribution in [0, 0.1) is 0 Å². The minimum absolute atomic E-state index is 0.305. The van der Waals surface area contributed by atoms with Crippen LogP contribution in [0.2, 0.25) is 10.0 Å². The lowest BCUT2D eigenvalue weighted by molar-refractivity contribution is 0.252. The SMILES string of the molecule is O=C(NCCNc1[nH]ncc1Nc1cccc(Cl)c1)Nc1cccc(Cl)c1.